The van der Waals surface area contributed by atoms with Gasteiger partial charge in [0.25, 0.3) is 0 Å². The van der Waals surface area contributed by atoms with Crippen molar-refractivity contribution in [1.82, 2.24) is 0 Å². The second kappa shape index (κ2) is 5.21. The molecule has 2 aromatic carbocycles. The van der Waals surface area contributed by atoms with Gasteiger partial charge in [-0.05, 0) is 42.3 Å². The van der Waals surface area contributed by atoms with Gasteiger partial charge >= 0.3 is 6.03 Å². The van der Waals surface area contributed by atoms with Crippen molar-refractivity contribution in [2.75, 3.05) is 22.5 Å². The fourth-order valence-electron chi connectivity index (χ4n) is 2.23. The number of nitrogens with one attached hydrogen (secondary N) is 3. The minimum atomic E-state index is -0.458. The van der Waals surface area contributed by atoms with E-state index in [2.05, 4.69) is 16.0 Å². The van der Waals surface area contributed by atoms with E-state index < -0.39 is 11.8 Å². The molecule has 1 aliphatic rings. The monoisotopic (exact) mass is 271 g/mol. The molecule has 0 saturated carbocycles. The lowest BCUT2D eigenvalue weighted by atomic mass is 10.1. The molecular weight excluding hydrogens is 257 g/mol. The van der Waals surface area contributed by atoms with Crippen LogP contribution in [0.4, 0.5) is 26.2 Å². The van der Waals surface area contributed by atoms with Crippen LogP contribution in [0.3, 0.4) is 0 Å². The molecule has 0 aromatic heterocycles. The number of urea groups is 1. The molecule has 0 aliphatic carbocycles. The van der Waals surface area contributed by atoms with Gasteiger partial charge < -0.3 is 16.0 Å². The topological polar surface area (TPSA) is 53.2 Å². The summed E-state index contributed by atoms with van der Waals surface area (Å²) >= 11 is 0. The standard InChI is InChI=1S/C15H14FN3O/c16-12-3-1-2-4-14(12)19-15(20)18-11-5-6-13-10(9-11)7-8-17-13/h1-6,9,17H,7-8H2,(H2,18,19,20). The smallest absolute Gasteiger partial charge is 0.323 e. The Labute approximate surface area is 116 Å². The van der Waals surface area contributed by atoms with Gasteiger partial charge in [0.1, 0.15) is 5.82 Å². The second-order valence-electron chi connectivity index (χ2n) is 4.61. The minimum Gasteiger partial charge on any atom is -0.384 e. The molecule has 5 heteroatoms. The number of hydrogen-bond acceptors (Lipinski definition) is 2. The molecule has 102 valence electrons. The Kier molecular flexibility index (Phi) is 3.25. The van der Waals surface area contributed by atoms with Crippen molar-refractivity contribution < 1.29 is 9.18 Å². The highest BCUT2D eigenvalue weighted by molar-refractivity contribution is 6.00. The Morgan fingerprint density at radius 2 is 2.00 bits per heavy atom. The summed E-state index contributed by atoms with van der Waals surface area (Å²) in [5.41, 5.74) is 3.13. The predicted molar refractivity (Wildman–Crippen MR) is 77.7 cm³/mol. The van der Waals surface area contributed by atoms with Crippen LogP contribution in [0.2, 0.25) is 0 Å². The SMILES string of the molecule is O=C(Nc1ccc2c(c1)CCN2)Nc1ccccc1F. The van der Waals surface area contributed by atoms with Gasteiger partial charge in [0.15, 0.2) is 0 Å². The number of benzene rings is 2. The first-order chi connectivity index (χ1) is 9.72. The van der Waals surface area contributed by atoms with Gasteiger partial charge in [-0.2, -0.15) is 0 Å². The van der Waals surface area contributed by atoms with Crippen molar-refractivity contribution in [3.05, 3.63) is 53.8 Å². The van der Waals surface area contributed by atoms with Gasteiger partial charge in [-0.25, -0.2) is 9.18 Å². The van der Waals surface area contributed by atoms with Crippen molar-refractivity contribution in [2.24, 2.45) is 0 Å². The number of halogens is 1. The van der Waals surface area contributed by atoms with Crippen molar-refractivity contribution in [3.8, 4) is 0 Å². The van der Waals surface area contributed by atoms with Crippen LogP contribution in [-0.4, -0.2) is 12.6 Å². The fourth-order valence-corrected chi connectivity index (χ4v) is 2.23. The molecule has 3 rings (SSSR count). The summed E-state index contributed by atoms with van der Waals surface area (Å²) in [7, 11) is 0. The first kappa shape index (κ1) is 12.5. The molecule has 2 aromatic rings. The number of carbonyl (C=O) groups is 1. The summed E-state index contributed by atoms with van der Waals surface area (Å²) in [5, 5.41) is 8.44. The van der Waals surface area contributed by atoms with Crippen LogP contribution in [-0.2, 0) is 6.42 Å². The van der Waals surface area contributed by atoms with E-state index in [0.717, 1.165) is 18.7 Å². The first-order valence-corrected chi connectivity index (χ1v) is 6.42. The van der Waals surface area contributed by atoms with Gasteiger partial charge in [-0.15, -0.1) is 0 Å². The molecule has 0 bridgehead atoms. The van der Waals surface area contributed by atoms with Crippen molar-refractivity contribution in [2.45, 2.75) is 6.42 Å². The number of para-hydroxylation sites is 1. The molecular formula is C15H14FN3O. The summed E-state index contributed by atoms with van der Waals surface area (Å²) in [6.07, 6.45) is 0.944. The Morgan fingerprint density at radius 3 is 2.85 bits per heavy atom. The fraction of sp³-hybridized carbons (Fsp3) is 0.133. The number of rotatable bonds is 2. The number of anilines is 3. The largest absolute Gasteiger partial charge is 0.384 e. The van der Waals surface area contributed by atoms with E-state index in [0.29, 0.717) is 5.69 Å². The maximum Gasteiger partial charge on any atom is 0.323 e. The van der Waals surface area contributed by atoms with Crippen LogP contribution in [0.25, 0.3) is 0 Å². The summed E-state index contributed by atoms with van der Waals surface area (Å²) in [4.78, 5) is 11.8. The number of carbonyl (C=O) groups excluding carboxylic acids is 1. The average molecular weight is 271 g/mol. The van der Waals surface area contributed by atoms with E-state index in [-0.39, 0.29) is 5.69 Å². The van der Waals surface area contributed by atoms with E-state index in [1.807, 2.05) is 18.2 Å². The van der Waals surface area contributed by atoms with Crippen LogP contribution in [0.15, 0.2) is 42.5 Å². The molecule has 20 heavy (non-hydrogen) atoms. The summed E-state index contributed by atoms with van der Waals surface area (Å²) in [6.45, 7) is 0.917. The summed E-state index contributed by atoms with van der Waals surface area (Å²) < 4.78 is 13.4. The Morgan fingerprint density at radius 1 is 1.15 bits per heavy atom. The van der Waals surface area contributed by atoms with E-state index in [4.69, 9.17) is 0 Å². The van der Waals surface area contributed by atoms with Gasteiger partial charge in [0.05, 0.1) is 5.69 Å². The van der Waals surface area contributed by atoms with E-state index in [1.165, 1.54) is 17.7 Å². The quantitative estimate of drug-likeness (QED) is 0.783. The second-order valence-corrected chi connectivity index (χ2v) is 4.61. The number of fused-ring (bicyclic) bond motifs is 1. The van der Waals surface area contributed by atoms with Crippen LogP contribution in [0.1, 0.15) is 5.56 Å². The minimum absolute atomic E-state index is 0.160. The third-order valence-corrected chi connectivity index (χ3v) is 3.19. The summed E-state index contributed by atoms with van der Waals surface area (Å²) in [6, 6.07) is 11.3. The highest BCUT2D eigenvalue weighted by Crippen LogP contribution is 2.25. The Hall–Kier alpha value is -2.56. The molecule has 0 fully saturated rings. The third kappa shape index (κ3) is 2.56. The van der Waals surface area contributed by atoms with Crippen molar-refractivity contribution in [3.63, 3.8) is 0 Å². The highest BCUT2D eigenvalue weighted by Gasteiger charge is 2.11. The molecule has 0 saturated heterocycles. The molecule has 3 N–H and O–H groups in total. The maximum atomic E-state index is 13.4. The molecule has 1 aliphatic heterocycles. The average Bonchev–Trinajstić information content (AvgIpc) is 2.89. The lowest BCUT2D eigenvalue weighted by molar-refractivity contribution is 0.262. The highest BCUT2D eigenvalue weighted by atomic mass is 19.1. The molecule has 0 spiro atoms. The molecule has 2 amide bonds. The van der Waals surface area contributed by atoms with Gasteiger partial charge in [0, 0.05) is 17.9 Å². The third-order valence-electron chi connectivity index (χ3n) is 3.19. The van der Waals surface area contributed by atoms with Crippen molar-refractivity contribution in [1.29, 1.82) is 0 Å². The predicted octanol–water partition coefficient (Wildman–Crippen LogP) is 3.44. The first-order valence-electron chi connectivity index (χ1n) is 6.42. The van der Waals surface area contributed by atoms with Gasteiger partial charge in [0.2, 0.25) is 0 Å². The van der Waals surface area contributed by atoms with Crippen LogP contribution >= 0.6 is 0 Å². The van der Waals surface area contributed by atoms with Crippen LogP contribution in [0.5, 0.6) is 0 Å². The lowest BCUT2D eigenvalue weighted by Gasteiger charge is -2.09. The van der Waals surface area contributed by atoms with Crippen LogP contribution < -0.4 is 16.0 Å². The van der Waals surface area contributed by atoms with Gasteiger partial charge in [-0.3, -0.25) is 0 Å². The molecule has 4 nitrogen and oxygen atoms in total. The molecule has 0 radical (unpaired) electrons. The molecule has 0 atom stereocenters. The zero-order chi connectivity index (χ0) is 13.9. The van der Waals surface area contributed by atoms with Crippen LogP contribution in [0, 0.1) is 5.82 Å². The zero-order valence-corrected chi connectivity index (χ0v) is 10.7. The molecule has 0 unspecified atom stereocenters. The molecule has 1 heterocycles. The maximum absolute atomic E-state index is 13.4. The van der Waals surface area contributed by atoms with E-state index in [1.54, 1.807) is 12.1 Å². The number of hydrogen-bond donors (Lipinski definition) is 3. The lowest BCUT2D eigenvalue weighted by Crippen LogP contribution is -2.20. The van der Waals surface area contributed by atoms with E-state index >= 15 is 0 Å². The van der Waals surface area contributed by atoms with E-state index in [9.17, 15) is 9.18 Å². The Balaban J connectivity index is 1.69. The zero-order valence-electron chi connectivity index (χ0n) is 10.7. The van der Waals surface area contributed by atoms with Gasteiger partial charge in [-0.1, -0.05) is 12.1 Å². The summed E-state index contributed by atoms with van der Waals surface area (Å²) in [5.74, 6) is -0.458. The van der Waals surface area contributed by atoms with Crippen molar-refractivity contribution >= 4 is 23.1 Å². The number of amides is 2. The normalized spacial score (nSPS) is 12.4. The Bertz CT molecular complexity index is 657.